The molecule has 110 valence electrons. The van der Waals surface area contributed by atoms with Crippen LogP contribution in [0.15, 0.2) is 30.3 Å². The number of carbonyl (C=O) groups excluding carboxylic acids is 1. The molecular formula is C16H19N3O2. The Morgan fingerprint density at radius 3 is 3.00 bits per heavy atom. The maximum atomic E-state index is 12.7. The summed E-state index contributed by atoms with van der Waals surface area (Å²) in [6.07, 6.45) is 2.85. The molecule has 0 saturated carbocycles. The number of aliphatic hydroxyl groups excluding tert-OH is 1. The van der Waals surface area contributed by atoms with Crippen molar-refractivity contribution in [2.75, 3.05) is 18.9 Å². The standard InChI is InChI=1S/C16H19N3O2/c17-15-13-7-2-1-5-11(13)9-14(18-15)16(21)19-8-4-3-6-12(19)10-20/h1-2,5,7,9,12,20H,3-4,6,8,10H2,(H2,17,18). The third-order valence-corrected chi connectivity index (χ3v) is 4.09. The molecule has 1 aromatic heterocycles. The number of aromatic nitrogens is 1. The number of nitrogen functional groups attached to an aromatic ring is 1. The second-order valence-electron chi connectivity index (χ2n) is 5.44. The molecule has 5 nitrogen and oxygen atoms in total. The van der Waals surface area contributed by atoms with Gasteiger partial charge in [0.05, 0.1) is 12.6 Å². The SMILES string of the molecule is Nc1nc(C(=O)N2CCCCC2CO)cc2ccccc12. The number of amides is 1. The van der Waals surface area contributed by atoms with Crippen molar-refractivity contribution in [1.82, 2.24) is 9.88 Å². The van der Waals surface area contributed by atoms with Crippen LogP contribution in [0, 0.1) is 0 Å². The summed E-state index contributed by atoms with van der Waals surface area (Å²) in [5, 5.41) is 11.2. The number of carbonyl (C=O) groups is 1. The lowest BCUT2D eigenvalue weighted by atomic mass is 10.0. The molecular weight excluding hydrogens is 266 g/mol. The van der Waals surface area contributed by atoms with Gasteiger partial charge in [0.2, 0.25) is 0 Å². The summed E-state index contributed by atoms with van der Waals surface area (Å²) in [5.41, 5.74) is 6.31. The van der Waals surface area contributed by atoms with Gasteiger partial charge in [-0.1, -0.05) is 24.3 Å². The maximum absolute atomic E-state index is 12.7. The number of fused-ring (bicyclic) bond motifs is 1. The van der Waals surface area contributed by atoms with Gasteiger partial charge in [0.25, 0.3) is 5.91 Å². The lowest BCUT2D eigenvalue weighted by molar-refractivity contribution is 0.0497. The van der Waals surface area contributed by atoms with Crippen molar-refractivity contribution < 1.29 is 9.90 Å². The average Bonchev–Trinajstić information content (AvgIpc) is 2.54. The first kappa shape index (κ1) is 13.8. The Labute approximate surface area is 123 Å². The highest BCUT2D eigenvalue weighted by molar-refractivity contribution is 6.00. The number of nitrogens with zero attached hydrogens (tertiary/aromatic N) is 2. The normalized spacial score (nSPS) is 18.9. The smallest absolute Gasteiger partial charge is 0.272 e. The highest BCUT2D eigenvalue weighted by Gasteiger charge is 2.28. The van der Waals surface area contributed by atoms with Crippen molar-refractivity contribution >= 4 is 22.5 Å². The molecule has 3 N–H and O–H groups in total. The number of hydrogen-bond acceptors (Lipinski definition) is 4. The zero-order chi connectivity index (χ0) is 14.8. The van der Waals surface area contributed by atoms with Crippen LogP contribution in [0.3, 0.4) is 0 Å². The van der Waals surface area contributed by atoms with Crippen molar-refractivity contribution in [2.45, 2.75) is 25.3 Å². The second kappa shape index (κ2) is 5.69. The van der Waals surface area contributed by atoms with E-state index >= 15 is 0 Å². The number of likely N-dealkylation sites (tertiary alicyclic amines) is 1. The van der Waals surface area contributed by atoms with Crippen molar-refractivity contribution in [3.8, 4) is 0 Å². The van der Waals surface area contributed by atoms with E-state index < -0.39 is 0 Å². The van der Waals surface area contributed by atoms with E-state index in [1.54, 1.807) is 11.0 Å². The first-order valence-corrected chi connectivity index (χ1v) is 7.28. The van der Waals surface area contributed by atoms with Crippen LogP contribution in [-0.2, 0) is 0 Å². The first-order valence-electron chi connectivity index (χ1n) is 7.28. The van der Waals surface area contributed by atoms with Crippen LogP contribution in [-0.4, -0.2) is 40.1 Å². The predicted molar refractivity (Wildman–Crippen MR) is 81.9 cm³/mol. The third kappa shape index (κ3) is 2.56. The minimum atomic E-state index is -0.147. The van der Waals surface area contributed by atoms with Crippen molar-refractivity contribution in [2.24, 2.45) is 0 Å². The van der Waals surface area contributed by atoms with E-state index in [4.69, 9.17) is 5.73 Å². The molecule has 5 heteroatoms. The van der Waals surface area contributed by atoms with Gasteiger partial charge in [0.15, 0.2) is 0 Å². The Hall–Kier alpha value is -2.14. The van der Waals surface area contributed by atoms with Gasteiger partial charge >= 0.3 is 0 Å². The molecule has 1 atom stereocenters. The average molecular weight is 285 g/mol. The Morgan fingerprint density at radius 2 is 2.19 bits per heavy atom. The lowest BCUT2D eigenvalue weighted by Crippen LogP contribution is -2.45. The van der Waals surface area contributed by atoms with Crippen molar-refractivity contribution in [3.63, 3.8) is 0 Å². The Kier molecular flexibility index (Phi) is 3.75. The molecule has 2 aromatic rings. The number of hydrogen-bond donors (Lipinski definition) is 2. The van der Waals surface area contributed by atoms with Crippen LogP contribution in [0.2, 0.25) is 0 Å². The van der Waals surface area contributed by atoms with Gasteiger partial charge in [-0.3, -0.25) is 4.79 Å². The first-order chi connectivity index (χ1) is 10.2. The molecule has 1 amide bonds. The molecule has 21 heavy (non-hydrogen) atoms. The topological polar surface area (TPSA) is 79.5 Å². The highest BCUT2D eigenvalue weighted by atomic mass is 16.3. The van der Waals surface area contributed by atoms with Crippen molar-refractivity contribution in [1.29, 1.82) is 0 Å². The molecule has 2 heterocycles. The van der Waals surface area contributed by atoms with Crippen LogP contribution in [0.5, 0.6) is 0 Å². The summed E-state index contributed by atoms with van der Waals surface area (Å²) in [6, 6.07) is 9.28. The highest BCUT2D eigenvalue weighted by Crippen LogP contribution is 2.23. The number of rotatable bonds is 2. The molecule has 1 saturated heterocycles. The number of anilines is 1. The fourth-order valence-corrected chi connectivity index (χ4v) is 2.94. The van der Waals surface area contributed by atoms with E-state index in [2.05, 4.69) is 4.98 Å². The number of benzene rings is 1. The van der Waals surface area contributed by atoms with E-state index in [0.29, 0.717) is 18.1 Å². The monoisotopic (exact) mass is 285 g/mol. The fourth-order valence-electron chi connectivity index (χ4n) is 2.94. The summed E-state index contributed by atoms with van der Waals surface area (Å²) < 4.78 is 0. The fraction of sp³-hybridized carbons (Fsp3) is 0.375. The number of pyridine rings is 1. The minimum Gasteiger partial charge on any atom is -0.394 e. The van der Waals surface area contributed by atoms with Gasteiger partial charge in [-0.2, -0.15) is 0 Å². The molecule has 1 unspecified atom stereocenters. The van der Waals surface area contributed by atoms with E-state index in [1.807, 2.05) is 24.3 Å². The van der Waals surface area contributed by atoms with Crippen LogP contribution >= 0.6 is 0 Å². The molecule has 1 aliphatic heterocycles. The molecule has 0 radical (unpaired) electrons. The van der Waals surface area contributed by atoms with Crippen LogP contribution in [0.1, 0.15) is 29.8 Å². The van der Waals surface area contributed by atoms with Gasteiger partial charge in [-0.25, -0.2) is 4.98 Å². The third-order valence-electron chi connectivity index (χ3n) is 4.09. The van der Waals surface area contributed by atoms with Crippen molar-refractivity contribution in [3.05, 3.63) is 36.0 Å². The predicted octanol–water partition coefficient (Wildman–Crippen LogP) is 1.80. The molecule has 1 aromatic carbocycles. The summed E-state index contributed by atoms with van der Waals surface area (Å²) in [6.45, 7) is 0.660. The summed E-state index contributed by atoms with van der Waals surface area (Å²) in [4.78, 5) is 18.6. The lowest BCUT2D eigenvalue weighted by Gasteiger charge is -2.34. The minimum absolute atomic E-state index is 0.00516. The Bertz CT molecular complexity index is 672. The summed E-state index contributed by atoms with van der Waals surface area (Å²) in [5.74, 6) is 0.222. The molecule has 3 rings (SSSR count). The molecule has 0 bridgehead atoms. The number of nitrogens with two attached hydrogens (primary N) is 1. The molecule has 0 spiro atoms. The summed E-state index contributed by atoms with van der Waals surface area (Å²) >= 11 is 0. The van der Waals surface area contributed by atoms with Crippen LogP contribution in [0.25, 0.3) is 10.8 Å². The van der Waals surface area contributed by atoms with Gasteiger partial charge in [0.1, 0.15) is 11.5 Å². The van der Waals surface area contributed by atoms with Gasteiger partial charge in [0, 0.05) is 11.9 Å². The maximum Gasteiger partial charge on any atom is 0.272 e. The molecule has 1 fully saturated rings. The largest absolute Gasteiger partial charge is 0.394 e. The molecule has 0 aliphatic carbocycles. The molecule has 1 aliphatic rings. The zero-order valence-corrected chi connectivity index (χ0v) is 11.8. The van der Waals surface area contributed by atoms with Crippen LogP contribution < -0.4 is 5.73 Å². The van der Waals surface area contributed by atoms with Gasteiger partial charge in [-0.05, 0) is 30.7 Å². The second-order valence-corrected chi connectivity index (χ2v) is 5.44. The van der Waals surface area contributed by atoms with E-state index in [-0.39, 0.29) is 18.6 Å². The van der Waals surface area contributed by atoms with E-state index in [9.17, 15) is 9.90 Å². The van der Waals surface area contributed by atoms with Gasteiger partial charge < -0.3 is 15.7 Å². The zero-order valence-electron chi connectivity index (χ0n) is 11.8. The number of aliphatic hydroxyl groups is 1. The summed E-state index contributed by atoms with van der Waals surface area (Å²) in [7, 11) is 0. The van der Waals surface area contributed by atoms with Crippen LogP contribution in [0.4, 0.5) is 5.82 Å². The Morgan fingerprint density at radius 1 is 1.38 bits per heavy atom. The number of piperidine rings is 1. The Balaban J connectivity index is 1.97. The van der Waals surface area contributed by atoms with E-state index in [0.717, 1.165) is 30.0 Å². The quantitative estimate of drug-likeness (QED) is 0.882. The van der Waals surface area contributed by atoms with E-state index in [1.165, 1.54) is 0 Å². The van der Waals surface area contributed by atoms with Gasteiger partial charge in [-0.15, -0.1) is 0 Å².